The van der Waals surface area contributed by atoms with Crippen LogP contribution in [0.5, 0.6) is 0 Å². The van der Waals surface area contributed by atoms with Gasteiger partial charge in [0.25, 0.3) is 0 Å². The fourth-order valence-electron chi connectivity index (χ4n) is 2.38. The lowest BCUT2D eigenvalue weighted by Gasteiger charge is -2.45. The lowest BCUT2D eigenvalue weighted by Crippen LogP contribution is -2.38. The molecule has 3 rings (SSSR count). The molecule has 1 atom stereocenters. The Bertz CT molecular complexity index is 632. The molecule has 2 aromatic carbocycles. The molecule has 0 aliphatic carbocycles. The molecule has 1 unspecified atom stereocenters. The maximum Gasteiger partial charge on any atom is 0.0815 e. The van der Waals surface area contributed by atoms with Gasteiger partial charge >= 0.3 is 0 Å². The second kappa shape index (κ2) is 5.38. The van der Waals surface area contributed by atoms with Gasteiger partial charge in [0.2, 0.25) is 0 Å². The van der Waals surface area contributed by atoms with E-state index < -0.39 is 0 Å². The number of halogens is 1. The van der Waals surface area contributed by atoms with E-state index in [-0.39, 0.29) is 5.41 Å². The molecule has 102 valence electrons. The Hall–Kier alpha value is -1.06. The first kappa shape index (κ1) is 13.9. The highest BCUT2D eigenvalue weighted by Gasteiger charge is 2.47. The molecule has 1 aliphatic rings. The second-order valence-electron chi connectivity index (χ2n) is 5.52. The number of thioether (sulfide) groups is 1. The van der Waals surface area contributed by atoms with Crippen molar-refractivity contribution in [2.45, 2.75) is 19.1 Å². The third-order valence-corrected chi connectivity index (χ3v) is 6.06. The van der Waals surface area contributed by atoms with E-state index >= 15 is 0 Å². The van der Waals surface area contributed by atoms with Gasteiger partial charge in [-0.1, -0.05) is 60.1 Å². The molecule has 0 amide bonds. The number of para-hydroxylation sites is 1. The summed E-state index contributed by atoms with van der Waals surface area (Å²) in [5, 5.41) is 1.70. The molecule has 1 nitrogen and oxygen atoms in total. The Morgan fingerprint density at radius 3 is 2.25 bits per heavy atom. The minimum Gasteiger partial charge on any atom is -0.246 e. The van der Waals surface area contributed by atoms with Crippen molar-refractivity contribution >= 4 is 38.4 Å². The molecule has 0 N–H and O–H groups in total. The number of benzene rings is 2. The predicted octanol–water partition coefficient (Wildman–Crippen LogP) is 5.99. The van der Waals surface area contributed by atoms with Gasteiger partial charge in [-0.2, -0.15) is 0 Å². The summed E-state index contributed by atoms with van der Waals surface area (Å²) in [4.78, 5) is 4.78. The van der Waals surface area contributed by atoms with Crippen LogP contribution in [-0.2, 0) is 0 Å². The monoisotopic (exact) mass is 345 g/mol. The Kier molecular flexibility index (Phi) is 3.74. The van der Waals surface area contributed by atoms with Crippen LogP contribution >= 0.6 is 27.7 Å². The normalized spacial score (nSPS) is 22.6. The van der Waals surface area contributed by atoms with Crippen molar-refractivity contribution < 1.29 is 0 Å². The highest BCUT2D eigenvalue weighted by atomic mass is 79.9. The summed E-state index contributed by atoms with van der Waals surface area (Å²) in [6.45, 7) is 4.55. The van der Waals surface area contributed by atoms with Crippen LogP contribution in [0.4, 0.5) is 5.69 Å². The largest absolute Gasteiger partial charge is 0.246 e. The van der Waals surface area contributed by atoms with E-state index in [0.717, 1.165) is 10.2 Å². The van der Waals surface area contributed by atoms with Gasteiger partial charge in [-0.15, -0.1) is 11.8 Å². The third kappa shape index (κ3) is 2.57. The Morgan fingerprint density at radius 2 is 1.65 bits per heavy atom. The highest BCUT2D eigenvalue weighted by Crippen LogP contribution is 2.58. The van der Waals surface area contributed by atoms with Gasteiger partial charge in [0.15, 0.2) is 0 Å². The van der Waals surface area contributed by atoms with Crippen molar-refractivity contribution in [2.24, 2.45) is 10.4 Å². The van der Waals surface area contributed by atoms with Crippen LogP contribution in [-0.4, -0.2) is 5.04 Å². The van der Waals surface area contributed by atoms with Crippen molar-refractivity contribution in [1.29, 1.82) is 0 Å². The van der Waals surface area contributed by atoms with Gasteiger partial charge in [0.1, 0.15) is 0 Å². The summed E-state index contributed by atoms with van der Waals surface area (Å²) in [6, 6.07) is 18.8. The van der Waals surface area contributed by atoms with E-state index in [4.69, 9.17) is 4.99 Å². The standard InChI is InChI=1S/C17H16BrNS/c1-17(2)15(12-8-10-13(18)11-9-12)20-16(17)19-14-6-4-3-5-7-14/h3-11,15H,1-2H3. The van der Waals surface area contributed by atoms with Crippen LogP contribution in [0.3, 0.4) is 0 Å². The summed E-state index contributed by atoms with van der Waals surface area (Å²) < 4.78 is 1.13. The first-order valence-electron chi connectivity index (χ1n) is 6.64. The lowest BCUT2D eigenvalue weighted by molar-refractivity contribution is 0.497. The molecule has 20 heavy (non-hydrogen) atoms. The zero-order valence-electron chi connectivity index (χ0n) is 11.5. The number of aliphatic imine (C=N–C) groups is 1. The van der Waals surface area contributed by atoms with E-state index in [2.05, 4.69) is 66.2 Å². The molecule has 0 saturated carbocycles. The fourth-order valence-corrected chi connectivity index (χ4v) is 3.96. The van der Waals surface area contributed by atoms with Crippen molar-refractivity contribution in [3.05, 3.63) is 64.6 Å². The highest BCUT2D eigenvalue weighted by molar-refractivity contribution is 9.10. The maximum absolute atomic E-state index is 4.78. The number of rotatable bonds is 2. The third-order valence-electron chi connectivity index (χ3n) is 3.60. The van der Waals surface area contributed by atoms with Gasteiger partial charge < -0.3 is 0 Å². The Balaban J connectivity index is 1.84. The average molecular weight is 346 g/mol. The fraction of sp³-hybridized carbons (Fsp3) is 0.235. The summed E-state index contributed by atoms with van der Waals surface area (Å²) in [6.07, 6.45) is 0. The van der Waals surface area contributed by atoms with Crippen LogP contribution in [0.15, 0.2) is 64.1 Å². The van der Waals surface area contributed by atoms with Crippen molar-refractivity contribution in [1.82, 2.24) is 0 Å². The predicted molar refractivity (Wildman–Crippen MR) is 91.8 cm³/mol. The van der Waals surface area contributed by atoms with E-state index in [1.54, 1.807) is 0 Å². The van der Waals surface area contributed by atoms with Crippen LogP contribution < -0.4 is 0 Å². The first-order valence-corrected chi connectivity index (χ1v) is 8.31. The molecule has 0 radical (unpaired) electrons. The van der Waals surface area contributed by atoms with Crippen molar-refractivity contribution in [2.75, 3.05) is 0 Å². The topological polar surface area (TPSA) is 12.4 Å². The van der Waals surface area contributed by atoms with Crippen LogP contribution in [0, 0.1) is 5.41 Å². The lowest BCUT2D eigenvalue weighted by atomic mass is 9.84. The zero-order valence-corrected chi connectivity index (χ0v) is 13.9. The summed E-state index contributed by atoms with van der Waals surface area (Å²) in [5.41, 5.74) is 2.52. The zero-order chi connectivity index (χ0) is 14.2. The quantitative estimate of drug-likeness (QED) is 0.650. The van der Waals surface area contributed by atoms with Crippen LogP contribution in [0.2, 0.25) is 0 Å². The molecule has 1 fully saturated rings. The van der Waals surface area contributed by atoms with E-state index in [1.807, 2.05) is 30.0 Å². The molecular weight excluding hydrogens is 330 g/mol. The van der Waals surface area contributed by atoms with E-state index in [9.17, 15) is 0 Å². The number of hydrogen-bond donors (Lipinski definition) is 0. The summed E-state index contributed by atoms with van der Waals surface area (Å²) in [5.74, 6) is 0. The van der Waals surface area contributed by atoms with E-state index in [0.29, 0.717) is 5.25 Å². The molecule has 0 aromatic heterocycles. The van der Waals surface area contributed by atoms with Crippen LogP contribution in [0.25, 0.3) is 0 Å². The second-order valence-corrected chi connectivity index (χ2v) is 7.53. The molecule has 3 heteroatoms. The summed E-state index contributed by atoms with van der Waals surface area (Å²) >= 11 is 5.36. The van der Waals surface area contributed by atoms with Crippen LogP contribution in [0.1, 0.15) is 24.7 Å². The smallest absolute Gasteiger partial charge is 0.0815 e. The van der Waals surface area contributed by atoms with Crippen molar-refractivity contribution in [3.63, 3.8) is 0 Å². The van der Waals surface area contributed by atoms with Gasteiger partial charge in [-0.05, 0) is 29.8 Å². The molecular formula is C17H16BrNS. The first-order chi connectivity index (χ1) is 9.57. The number of hydrogen-bond acceptors (Lipinski definition) is 2. The molecule has 2 aromatic rings. The minimum absolute atomic E-state index is 0.105. The number of nitrogens with zero attached hydrogens (tertiary/aromatic N) is 1. The van der Waals surface area contributed by atoms with Gasteiger partial charge in [-0.3, -0.25) is 0 Å². The Labute approximate surface area is 132 Å². The SMILES string of the molecule is CC1(C)C(=Nc2ccccc2)SC1c1ccc(Br)cc1. The molecule has 1 saturated heterocycles. The van der Waals surface area contributed by atoms with Gasteiger partial charge in [0, 0.05) is 15.1 Å². The van der Waals surface area contributed by atoms with Gasteiger partial charge in [-0.25, -0.2) is 4.99 Å². The Morgan fingerprint density at radius 1 is 1.00 bits per heavy atom. The molecule has 1 aliphatic heterocycles. The molecule has 1 heterocycles. The molecule has 0 spiro atoms. The van der Waals surface area contributed by atoms with Crippen molar-refractivity contribution in [3.8, 4) is 0 Å². The van der Waals surface area contributed by atoms with E-state index in [1.165, 1.54) is 10.6 Å². The van der Waals surface area contributed by atoms with Gasteiger partial charge in [0.05, 0.1) is 10.7 Å². The summed E-state index contributed by atoms with van der Waals surface area (Å²) in [7, 11) is 0. The molecule has 0 bridgehead atoms. The maximum atomic E-state index is 4.78. The minimum atomic E-state index is 0.105. The average Bonchev–Trinajstić information content (AvgIpc) is 2.46.